The van der Waals surface area contributed by atoms with Gasteiger partial charge in [0.05, 0.1) is 5.52 Å². The summed E-state index contributed by atoms with van der Waals surface area (Å²) in [7, 11) is 2.03. The highest BCUT2D eigenvalue weighted by molar-refractivity contribution is 5.94. The zero-order chi connectivity index (χ0) is 21.4. The highest BCUT2D eigenvalue weighted by atomic mass is 15.3. The third-order valence-corrected chi connectivity index (χ3v) is 5.44. The maximum atomic E-state index is 4.81. The summed E-state index contributed by atoms with van der Waals surface area (Å²) < 4.78 is 1.90. The average Bonchev–Trinajstić information content (AvgIpc) is 3.28. The molecule has 3 aromatic carbocycles. The summed E-state index contributed by atoms with van der Waals surface area (Å²) in [4.78, 5) is 6.91. The lowest BCUT2D eigenvalue weighted by atomic mass is 10.0. The number of anilines is 2. The summed E-state index contributed by atoms with van der Waals surface area (Å²) in [6.45, 7) is 3.94. The van der Waals surface area contributed by atoms with Crippen molar-refractivity contribution in [1.29, 1.82) is 0 Å². The van der Waals surface area contributed by atoms with Crippen LogP contribution in [-0.2, 0) is 0 Å². The van der Waals surface area contributed by atoms with Crippen molar-refractivity contribution >= 4 is 28.2 Å². The molecule has 2 aromatic heterocycles. The van der Waals surface area contributed by atoms with Crippen LogP contribution < -0.4 is 4.90 Å². The molecule has 5 rings (SSSR count). The number of rotatable bonds is 3. The van der Waals surface area contributed by atoms with E-state index in [2.05, 4.69) is 94.5 Å². The summed E-state index contributed by atoms with van der Waals surface area (Å²) in [5, 5.41) is 9.26. The highest BCUT2D eigenvalue weighted by Gasteiger charge is 2.15. The van der Waals surface area contributed by atoms with Crippen LogP contribution >= 0.6 is 0 Å². The molecular formula is C26H21N5. The number of aryl methyl sites for hydroxylation is 1. The molecule has 0 spiro atoms. The maximum Gasteiger partial charge on any atom is 0.257 e. The molecule has 0 radical (unpaired) electrons. The fourth-order valence-corrected chi connectivity index (χ4v) is 3.79. The largest absolute Gasteiger partial charge is 0.329 e. The molecule has 150 valence electrons. The normalized spacial score (nSPS) is 10.8. The van der Waals surface area contributed by atoms with E-state index in [0.717, 1.165) is 33.5 Å². The van der Waals surface area contributed by atoms with Crippen molar-refractivity contribution in [2.75, 3.05) is 11.9 Å². The predicted octanol–water partition coefficient (Wildman–Crippen LogP) is 5.39. The van der Waals surface area contributed by atoms with Crippen LogP contribution in [0.25, 0.3) is 27.8 Å². The SMILES string of the molecule is CC#Cc1ccc2c(N(C)c3cccc(-c4ccc(C)cc4)c3)nc3nncn3c2c1. The van der Waals surface area contributed by atoms with E-state index < -0.39 is 0 Å². The lowest BCUT2D eigenvalue weighted by molar-refractivity contribution is 1.08. The van der Waals surface area contributed by atoms with E-state index in [9.17, 15) is 0 Å². The van der Waals surface area contributed by atoms with Gasteiger partial charge in [-0.2, -0.15) is 4.98 Å². The molecule has 0 bridgehead atoms. The quantitative estimate of drug-likeness (QED) is 0.379. The Morgan fingerprint density at radius 2 is 1.77 bits per heavy atom. The minimum atomic E-state index is 0.561. The Labute approximate surface area is 181 Å². The van der Waals surface area contributed by atoms with Crippen molar-refractivity contribution in [2.24, 2.45) is 0 Å². The minimum absolute atomic E-state index is 0.561. The molecule has 0 saturated heterocycles. The summed E-state index contributed by atoms with van der Waals surface area (Å²) in [6.07, 6.45) is 1.69. The Morgan fingerprint density at radius 1 is 0.935 bits per heavy atom. The zero-order valence-corrected chi connectivity index (χ0v) is 17.7. The lowest BCUT2D eigenvalue weighted by Crippen LogP contribution is -2.13. The van der Waals surface area contributed by atoms with Crippen LogP contribution in [0, 0.1) is 18.8 Å². The second kappa shape index (κ2) is 7.58. The van der Waals surface area contributed by atoms with Gasteiger partial charge in [0.25, 0.3) is 5.78 Å². The second-order valence-electron chi connectivity index (χ2n) is 7.52. The van der Waals surface area contributed by atoms with E-state index in [1.54, 1.807) is 6.33 Å². The Kier molecular flexibility index (Phi) is 4.61. The first-order valence-corrected chi connectivity index (χ1v) is 10.1. The van der Waals surface area contributed by atoms with Crippen LogP contribution in [0.15, 0.2) is 73.1 Å². The molecule has 0 N–H and O–H groups in total. The summed E-state index contributed by atoms with van der Waals surface area (Å²) >= 11 is 0. The molecule has 0 amide bonds. The average molecular weight is 403 g/mol. The van der Waals surface area contributed by atoms with Gasteiger partial charge in [0.2, 0.25) is 0 Å². The van der Waals surface area contributed by atoms with Gasteiger partial charge in [0.1, 0.15) is 12.1 Å². The predicted molar refractivity (Wildman–Crippen MR) is 126 cm³/mol. The van der Waals surface area contributed by atoms with Crippen LogP contribution in [0.2, 0.25) is 0 Å². The standard InChI is InChI=1S/C26H21N5/c1-4-6-19-11-14-23-24(15-19)31-17-27-29-26(31)28-25(23)30(3)22-8-5-7-21(16-22)20-12-9-18(2)10-13-20/h5,7-17H,1-3H3. The van der Waals surface area contributed by atoms with E-state index >= 15 is 0 Å². The minimum Gasteiger partial charge on any atom is -0.329 e. The third-order valence-electron chi connectivity index (χ3n) is 5.44. The van der Waals surface area contributed by atoms with Crippen LogP contribution in [0.3, 0.4) is 0 Å². The van der Waals surface area contributed by atoms with Gasteiger partial charge < -0.3 is 4.90 Å². The van der Waals surface area contributed by atoms with Crippen molar-refractivity contribution in [2.45, 2.75) is 13.8 Å². The fraction of sp³-hybridized carbons (Fsp3) is 0.115. The number of benzene rings is 3. The Morgan fingerprint density at radius 3 is 2.58 bits per heavy atom. The molecule has 0 unspecified atom stereocenters. The van der Waals surface area contributed by atoms with Gasteiger partial charge in [-0.3, -0.25) is 4.40 Å². The molecular weight excluding hydrogens is 382 g/mol. The fourth-order valence-electron chi connectivity index (χ4n) is 3.79. The summed E-state index contributed by atoms with van der Waals surface area (Å²) in [5.74, 6) is 7.48. The van der Waals surface area contributed by atoms with Crippen LogP contribution in [-0.4, -0.2) is 26.6 Å². The van der Waals surface area contributed by atoms with Crippen molar-refractivity contribution in [1.82, 2.24) is 19.6 Å². The van der Waals surface area contributed by atoms with Crippen molar-refractivity contribution in [3.05, 3.63) is 84.2 Å². The Balaban J connectivity index is 1.65. The van der Waals surface area contributed by atoms with Crippen LogP contribution in [0.5, 0.6) is 0 Å². The molecule has 2 heterocycles. The summed E-state index contributed by atoms with van der Waals surface area (Å²) in [5.41, 5.74) is 6.58. The molecule has 0 aliphatic rings. The smallest absolute Gasteiger partial charge is 0.257 e. The number of fused-ring (bicyclic) bond motifs is 3. The van der Waals surface area contributed by atoms with Crippen molar-refractivity contribution < 1.29 is 0 Å². The van der Waals surface area contributed by atoms with Gasteiger partial charge in [-0.05, 0) is 55.3 Å². The molecule has 0 saturated carbocycles. The van der Waals surface area contributed by atoms with E-state index in [1.807, 2.05) is 24.4 Å². The molecule has 5 heteroatoms. The van der Waals surface area contributed by atoms with Gasteiger partial charge >= 0.3 is 0 Å². The first-order chi connectivity index (χ1) is 15.1. The summed E-state index contributed by atoms with van der Waals surface area (Å²) in [6, 6.07) is 23.2. The van der Waals surface area contributed by atoms with Crippen LogP contribution in [0.1, 0.15) is 18.1 Å². The molecule has 31 heavy (non-hydrogen) atoms. The van der Waals surface area contributed by atoms with Crippen molar-refractivity contribution in [3.8, 4) is 23.0 Å². The number of hydrogen-bond acceptors (Lipinski definition) is 4. The van der Waals surface area contributed by atoms with Crippen molar-refractivity contribution in [3.63, 3.8) is 0 Å². The maximum absolute atomic E-state index is 4.81. The molecule has 0 fully saturated rings. The van der Waals surface area contributed by atoms with Gasteiger partial charge in [0.15, 0.2) is 0 Å². The zero-order valence-electron chi connectivity index (χ0n) is 17.7. The lowest BCUT2D eigenvalue weighted by Gasteiger charge is -2.21. The molecule has 0 atom stereocenters. The Hall–Kier alpha value is -4.17. The molecule has 0 aliphatic carbocycles. The van der Waals surface area contributed by atoms with E-state index in [1.165, 1.54) is 11.1 Å². The van der Waals surface area contributed by atoms with E-state index in [-0.39, 0.29) is 0 Å². The number of aromatic nitrogens is 4. The molecule has 0 aliphatic heterocycles. The highest BCUT2D eigenvalue weighted by Crippen LogP contribution is 2.32. The van der Waals surface area contributed by atoms with Gasteiger partial charge in [0, 0.05) is 23.7 Å². The second-order valence-corrected chi connectivity index (χ2v) is 7.52. The van der Waals surface area contributed by atoms with Gasteiger partial charge in [-0.1, -0.05) is 47.9 Å². The van der Waals surface area contributed by atoms with E-state index in [0.29, 0.717) is 5.78 Å². The first kappa shape index (κ1) is 18.8. The molecule has 5 aromatic rings. The number of hydrogen-bond donors (Lipinski definition) is 0. The first-order valence-electron chi connectivity index (χ1n) is 10.1. The number of nitrogens with zero attached hydrogens (tertiary/aromatic N) is 5. The Bertz CT molecular complexity index is 1470. The van der Waals surface area contributed by atoms with Crippen LogP contribution in [0.4, 0.5) is 11.5 Å². The molecule has 5 nitrogen and oxygen atoms in total. The van der Waals surface area contributed by atoms with E-state index in [4.69, 9.17) is 4.98 Å². The monoisotopic (exact) mass is 403 g/mol. The topological polar surface area (TPSA) is 46.3 Å². The third kappa shape index (κ3) is 3.38. The van der Waals surface area contributed by atoms with Gasteiger partial charge in [-0.15, -0.1) is 16.1 Å². The van der Waals surface area contributed by atoms with Gasteiger partial charge in [-0.25, -0.2) is 0 Å².